The van der Waals surface area contributed by atoms with Crippen LogP contribution in [0.15, 0.2) is 42.5 Å². The van der Waals surface area contributed by atoms with Gasteiger partial charge in [-0.05, 0) is 77.0 Å². The maximum atomic E-state index is 12.6. The molecule has 5 nitrogen and oxygen atoms in total. The molecule has 4 rings (SSSR count). The number of benzene rings is 2. The molecule has 1 fully saturated rings. The molecule has 1 saturated heterocycles. The van der Waals surface area contributed by atoms with E-state index in [9.17, 15) is 4.79 Å². The average molecular weight is 405 g/mol. The second-order valence-corrected chi connectivity index (χ2v) is 8.71. The van der Waals surface area contributed by atoms with Crippen LogP contribution in [0.4, 0.5) is 5.69 Å². The van der Waals surface area contributed by atoms with Crippen LogP contribution in [0.3, 0.4) is 0 Å². The summed E-state index contributed by atoms with van der Waals surface area (Å²) in [7, 11) is 0. The highest BCUT2D eigenvalue weighted by Crippen LogP contribution is 2.26. The number of aromatic nitrogens is 2. The topological polar surface area (TPSA) is 50.2 Å². The number of likely N-dealkylation sites (tertiary alicyclic amines) is 1. The summed E-state index contributed by atoms with van der Waals surface area (Å²) in [4.78, 5) is 20.2. The first-order valence-corrected chi connectivity index (χ1v) is 11.1. The van der Waals surface area contributed by atoms with Crippen LogP contribution in [0.1, 0.15) is 67.3 Å². The van der Waals surface area contributed by atoms with Gasteiger partial charge in [0.15, 0.2) is 0 Å². The Kier molecular flexibility index (Phi) is 6.18. The Labute approximate surface area is 179 Å². The number of imidazole rings is 1. The van der Waals surface area contributed by atoms with E-state index in [1.807, 2.05) is 43.3 Å². The summed E-state index contributed by atoms with van der Waals surface area (Å²) in [5, 5.41) is 3.03. The number of hydrogen-bond donors (Lipinski definition) is 1. The smallest absolute Gasteiger partial charge is 0.255 e. The Morgan fingerprint density at radius 2 is 1.83 bits per heavy atom. The third kappa shape index (κ3) is 4.57. The third-order valence-electron chi connectivity index (χ3n) is 5.88. The van der Waals surface area contributed by atoms with E-state index >= 15 is 0 Å². The molecular formula is C25H32N4O. The van der Waals surface area contributed by atoms with Crippen molar-refractivity contribution in [3.05, 3.63) is 59.4 Å². The summed E-state index contributed by atoms with van der Waals surface area (Å²) in [6.07, 6.45) is 5.22. The van der Waals surface area contributed by atoms with Gasteiger partial charge in [0.05, 0.1) is 17.6 Å². The molecule has 3 aromatic rings. The molecule has 1 amide bonds. The van der Waals surface area contributed by atoms with Crippen molar-refractivity contribution >= 4 is 22.6 Å². The number of carbonyl (C=O) groups is 1. The number of anilines is 1. The van der Waals surface area contributed by atoms with Crippen molar-refractivity contribution in [2.24, 2.45) is 0 Å². The lowest BCUT2D eigenvalue weighted by molar-refractivity contribution is 0.102. The van der Waals surface area contributed by atoms with Crippen molar-refractivity contribution in [1.82, 2.24) is 14.5 Å². The van der Waals surface area contributed by atoms with Gasteiger partial charge in [0.2, 0.25) is 0 Å². The molecule has 2 heterocycles. The van der Waals surface area contributed by atoms with Crippen LogP contribution >= 0.6 is 0 Å². The second-order valence-electron chi connectivity index (χ2n) is 8.71. The van der Waals surface area contributed by atoms with Gasteiger partial charge in [-0.2, -0.15) is 0 Å². The minimum atomic E-state index is -0.0915. The normalized spacial score (nSPS) is 15.5. The molecule has 30 heavy (non-hydrogen) atoms. The predicted molar refractivity (Wildman–Crippen MR) is 123 cm³/mol. The van der Waals surface area contributed by atoms with Crippen LogP contribution < -0.4 is 5.32 Å². The monoisotopic (exact) mass is 404 g/mol. The molecular weight excluding hydrogens is 372 g/mol. The van der Waals surface area contributed by atoms with Gasteiger partial charge in [0, 0.05) is 17.3 Å². The standard InChI is InChI=1S/C25H32N4O/c1-18(2)29-23-12-11-21(26-25(30)20-10-8-9-19(3)15-20)16-22(23)27-24(29)17-28-13-6-4-5-7-14-28/h8-12,15-16,18H,4-7,13-14,17H2,1-3H3,(H,26,30). The van der Waals surface area contributed by atoms with Crippen LogP contribution in [-0.4, -0.2) is 33.4 Å². The number of aryl methyl sites for hydroxylation is 1. The SMILES string of the molecule is Cc1cccc(C(=O)Nc2ccc3c(c2)nc(CN2CCCCCC2)n3C(C)C)c1. The van der Waals surface area contributed by atoms with Gasteiger partial charge in [-0.15, -0.1) is 0 Å². The Morgan fingerprint density at radius 1 is 1.07 bits per heavy atom. The van der Waals surface area contributed by atoms with E-state index in [1.54, 1.807) is 0 Å². The summed E-state index contributed by atoms with van der Waals surface area (Å²) in [6, 6.07) is 14.0. The third-order valence-corrected chi connectivity index (χ3v) is 5.88. The van der Waals surface area contributed by atoms with Gasteiger partial charge in [0.25, 0.3) is 5.91 Å². The lowest BCUT2D eigenvalue weighted by Crippen LogP contribution is -2.26. The average Bonchev–Trinajstić information content (AvgIpc) is 2.87. The van der Waals surface area contributed by atoms with Crippen LogP contribution in [0.2, 0.25) is 0 Å². The molecule has 1 N–H and O–H groups in total. The maximum Gasteiger partial charge on any atom is 0.255 e. The van der Waals surface area contributed by atoms with Crippen LogP contribution in [0, 0.1) is 6.92 Å². The molecule has 0 bridgehead atoms. The largest absolute Gasteiger partial charge is 0.324 e. The summed E-state index contributed by atoms with van der Waals surface area (Å²) < 4.78 is 2.34. The first-order chi connectivity index (χ1) is 14.5. The molecule has 0 spiro atoms. The van der Waals surface area contributed by atoms with Crippen LogP contribution in [0.25, 0.3) is 11.0 Å². The Morgan fingerprint density at radius 3 is 2.53 bits per heavy atom. The van der Waals surface area contributed by atoms with Crippen molar-refractivity contribution in [2.75, 3.05) is 18.4 Å². The molecule has 0 aliphatic carbocycles. The fraction of sp³-hybridized carbons (Fsp3) is 0.440. The van der Waals surface area contributed by atoms with E-state index in [-0.39, 0.29) is 5.91 Å². The molecule has 1 aliphatic rings. The zero-order valence-electron chi connectivity index (χ0n) is 18.3. The van der Waals surface area contributed by atoms with Crippen molar-refractivity contribution < 1.29 is 4.79 Å². The fourth-order valence-corrected chi connectivity index (χ4v) is 4.40. The summed E-state index contributed by atoms with van der Waals surface area (Å²) >= 11 is 0. The maximum absolute atomic E-state index is 12.6. The van der Waals surface area contributed by atoms with E-state index in [0.717, 1.165) is 47.7 Å². The summed E-state index contributed by atoms with van der Waals surface area (Å²) in [6.45, 7) is 9.60. The fourth-order valence-electron chi connectivity index (χ4n) is 4.40. The molecule has 1 aliphatic heterocycles. The molecule has 0 unspecified atom stereocenters. The number of fused-ring (bicyclic) bond motifs is 1. The number of hydrogen-bond acceptors (Lipinski definition) is 3. The molecule has 0 atom stereocenters. The summed E-state index contributed by atoms with van der Waals surface area (Å²) in [5.41, 5.74) is 4.60. The first-order valence-electron chi connectivity index (χ1n) is 11.1. The van der Waals surface area contributed by atoms with E-state index in [4.69, 9.17) is 4.98 Å². The predicted octanol–water partition coefficient (Wildman–Crippen LogP) is 5.55. The zero-order chi connectivity index (χ0) is 21.1. The van der Waals surface area contributed by atoms with Gasteiger partial charge in [0.1, 0.15) is 5.82 Å². The van der Waals surface area contributed by atoms with Crippen LogP contribution in [-0.2, 0) is 6.54 Å². The number of nitrogens with one attached hydrogen (secondary N) is 1. The highest BCUT2D eigenvalue weighted by Gasteiger charge is 2.18. The van der Waals surface area contributed by atoms with Gasteiger partial charge in [-0.1, -0.05) is 30.5 Å². The highest BCUT2D eigenvalue weighted by atomic mass is 16.1. The van der Waals surface area contributed by atoms with E-state index in [0.29, 0.717) is 11.6 Å². The summed E-state index contributed by atoms with van der Waals surface area (Å²) in [5.74, 6) is 1.02. The zero-order valence-corrected chi connectivity index (χ0v) is 18.3. The Bertz CT molecular complexity index is 1030. The van der Waals surface area contributed by atoms with E-state index < -0.39 is 0 Å². The van der Waals surface area contributed by atoms with Crippen molar-refractivity contribution in [2.45, 2.75) is 59.0 Å². The number of nitrogens with zero attached hydrogens (tertiary/aromatic N) is 3. The van der Waals surface area contributed by atoms with Crippen molar-refractivity contribution in [3.8, 4) is 0 Å². The lowest BCUT2D eigenvalue weighted by atomic mass is 10.1. The van der Waals surface area contributed by atoms with Crippen molar-refractivity contribution in [1.29, 1.82) is 0 Å². The number of carbonyl (C=O) groups excluding carboxylic acids is 1. The first kappa shape index (κ1) is 20.6. The molecule has 1 aromatic heterocycles. The van der Waals surface area contributed by atoms with E-state index in [1.165, 1.54) is 25.7 Å². The van der Waals surface area contributed by atoms with Crippen molar-refractivity contribution in [3.63, 3.8) is 0 Å². The Hall–Kier alpha value is -2.66. The minimum Gasteiger partial charge on any atom is -0.324 e. The van der Waals surface area contributed by atoms with Gasteiger partial charge in [-0.25, -0.2) is 4.98 Å². The molecule has 0 saturated carbocycles. The van der Waals surface area contributed by atoms with Gasteiger partial charge in [-0.3, -0.25) is 9.69 Å². The minimum absolute atomic E-state index is 0.0915. The molecule has 2 aromatic carbocycles. The second kappa shape index (κ2) is 9.00. The molecule has 0 radical (unpaired) electrons. The number of rotatable bonds is 5. The van der Waals surface area contributed by atoms with Gasteiger partial charge < -0.3 is 9.88 Å². The Balaban J connectivity index is 1.59. The quantitative estimate of drug-likeness (QED) is 0.606. The number of amides is 1. The van der Waals surface area contributed by atoms with E-state index in [2.05, 4.69) is 34.7 Å². The highest BCUT2D eigenvalue weighted by molar-refractivity contribution is 6.05. The molecule has 5 heteroatoms. The molecule has 158 valence electrons. The van der Waals surface area contributed by atoms with Crippen LogP contribution in [0.5, 0.6) is 0 Å². The lowest BCUT2D eigenvalue weighted by Gasteiger charge is -2.21. The van der Waals surface area contributed by atoms with Gasteiger partial charge >= 0.3 is 0 Å².